The molecule has 2 rings (SSSR count). The molecule has 1 aromatic heterocycles. The second-order valence-corrected chi connectivity index (χ2v) is 6.27. The Balaban J connectivity index is 1.98. The van der Waals surface area contributed by atoms with Crippen LogP contribution in [0.25, 0.3) is 0 Å². The molecule has 0 aliphatic rings. The SMILES string of the molecule is CC(C)[C@H](CO)NCc1nc(CCc2ccc(F)cc2)ccc1F. The van der Waals surface area contributed by atoms with Gasteiger partial charge in [0.1, 0.15) is 11.6 Å². The van der Waals surface area contributed by atoms with Crippen LogP contribution >= 0.6 is 0 Å². The lowest BCUT2D eigenvalue weighted by Gasteiger charge is -2.20. The van der Waals surface area contributed by atoms with Crippen LogP contribution in [0.4, 0.5) is 8.78 Å². The van der Waals surface area contributed by atoms with Crippen LogP contribution < -0.4 is 5.32 Å². The van der Waals surface area contributed by atoms with Crippen LogP contribution in [0.5, 0.6) is 0 Å². The standard InChI is InChI=1S/C19H24F2N2O/c1-13(2)19(12-24)22-11-18-17(21)10-9-16(23-18)8-5-14-3-6-15(20)7-4-14/h3-4,6-7,9-10,13,19,22,24H,5,8,11-12H2,1-2H3/t19-/m0/s1. The highest BCUT2D eigenvalue weighted by Gasteiger charge is 2.13. The first-order chi connectivity index (χ1) is 11.5. The Hall–Kier alpha value is -1.85. The van der Waals surface area contributed by atoms with Gasteiger partial charge in [-0.15, -0.1) is 0 Å². The van der Waals surface area contributed by atoms with Gasteiger partial charge in [0.25, 0.3) is 0 Å². The number of halogens is 2. The summed E-state index contributed by atoms with van der Waals surface area (Å²) in [4.78, 5) is 4.38. The van der Waals surface area contributed by atoms with Gasteiger partial charge in [-0.05, 0) is 48.6 Å². The van der Waals surface area contributed by atoms with Crippen molar-refractivity contribution in [3.63, 3.8) is 0 Å². The molecule has 0 fully saturated rings. The molecule has 0 saturated carbocycles. The maximum atomic E-state index is 13.9. The van der Waals surface area contributed by atoms with Crippen LogP contribution in [0, 0.1) is 17.6 Å². The third-order valence-corrected chi connectivity index (χ3v) is 4.09. The zero-order chi connectivity index (χ0) is 17.5. The van der Waals surface area contributed by atoms with Gasteiger partial charge in [0.05, 0.1) is 12.3 Å². The van der Waals surface area contributed by atoms with E-state index < -0.39 is 0 Å². The number of pyridine rings is 1. The predicted octanol–water partition coefficient (Wildman–Crippen LogP) is 3.25. The molecule has 0 saturated heterocycles. The van der Waals surface area contributed by atoms with E-state index in [9.17, 15) is 13.9 Å². The normalized spacial score (nSPS) is 12.6. The highest BCUT2D eigenvalue weighted by molar-refractivity contribution is 5.19. The maximum Gasteiger partial charge on any atom is 0.146 e. The average Bonchev–Trinajstić information content (AvgIpc) is 2.57. The summed E-state index contributed by atoms with van der Waals surface area (Å²) in [7, 11) is 0. The molecule has 1 aromatic carbocycles. The number of hydrogen-bond donors (Lipinski definition) is 2. The third kappa shape index (κ3) is 5.35. The summed E-state index contributed by atoms with van der Waals surface area (Å²) >= 11 is 0. The summed E-state index contributed by atoms with van der Waals surface area (Å²) in [6.07, 6.45) is 1.38. The van der Waals surface area contributed by atoms with Gasteiger partial charge >= 0.3 is 0 Å². The van der Waals surface area contributed by atoms with E-state index in [0.29, 0.717) is 12.1 Å². The van der Waals surface area contributed by atoms with E-state index in [1.54, 1.807) is 18.2 Å². The maximum absolute atomic E-state index is 13.9. The molecule has 24 heavy (non-hydrogen) atoms. The highest BCUT2D eigenvalue weighted by Crippen LogP contribution is 2.11. The minimum absolute atomic E-state index is 0.00352. The Morgan fingerprint density at radius 1 is 1.04 bits per heavy atom. The number of nitrogens with zero attached hydrogens (tertiary/aromatic N) is 1. The van der Waals surface area contributed by atoms with Crippen molar-refractivity contribution < 1.29 is 13.9 Å². The first-order valence-electron chi connectivity index (χ1n) is 8.22. The smallest absolute Gasteiger partial charge is 0.146 e. The lowest BCUT2D eigenvalue weighted by Crippen LogP contribution is -2.37. The van der Waals surface area contributed by atoms with Crippen molar-refractivity contribution in [2.45, 2.75) is 39.3 Å². The minimum atomic E-state index is -0.353. The molecule has 2 aromatic rings. The molecule has 0 amide bonds. The fourth-order valence-electron chi connectivity index (χ4n) is 2.46. The Morgan fingerprint density at radius 3 is 2.38 bits per heavy atom. The van der Waals surface area contributed by atoms with E-state index in [1.807, 2.05) is 13.8 Å². The molecule has 0 radical (unpaired) electrons. The molecule has 0 aliphatic carbocycles. The van der Waals surface area contributed by atoms with E-state index in [-0.39, 0.29) is 36.7 Å². The van der Waals surface area contributed by atoms with Gasteiger partial charge in [-0.1, -0.05) is 26.0 Å². The third-order valence-electron chi connectivity index (χ3n) is 4.09. The molecule has 5 heteroatoms. The summed E-state index contributed by atoms with van der Waals surface area (Å²) in [5, 5.41) is 12.5. The molecule has 1 atom stereocenters. The molecule has 0 spiro atoms. The van der Waals surface area contributed by atoms with Crippen LogP contribution in [-0.4, -0.2) is 22.7 Å². The molecular weight excluding hydrogens is 310 g/mol. The molecule has 3 nitrogen and oxygen atoms in total. The Bertz CT molecular complexity index is 644. The molecule has 130 valence electrons. The van der Waals surface area contributed by atoms with E-state index >= 15 is 0 Å². The summed E-state index contributed by atoms with van der Waals surface area (Å²) in [5.41, 5.74) is 2.16. The second kappa shape index (κ2) is 8.85. The molecule has 2 N–H and O–H groups in total. The van der Waals surface area contributed by atoms with Crippen molar-refractivity contribution in [2.24, 2.45) is 5.92 Å². The van der Waals surface area contributed by atoms with Crippen LogP contribution in [0.2, 0.25) is 0 Å². The number of aryl methyl sites for hydroxylation is 2. The van der Waals surface area contributed by atoms with E-state index in [4.69, 9.17) is 0 Å². The molecule has 0 aliphatic heterocycles. The van der Waals surface area contributed by atoms with E-state index in [0.717, 1.165) is 17.7 Å². The van der Waals surface area contributed by atoms with Crippen LogP contribution in [0.3, 0.4) is 0 Å². The number of benzene rings is 1. The van der Waals surface area contributed by atoms with Gasteiger partial charge in [0.2, 0.25) is 0 Å². The van der Waals surface area contributed by atoms with Gasteiger partial charge in [-0.25, -0.2) is 8.78 Å². The van der Waals surface area contributed by atoms with Crippen LogP contribution in [-0.2, 0) is 19.4 Å². The van der Waals surface area contributed by atoms with Crippen molar-refractivity contribution >= 4 is 0 Å². The zero-order valence-corrected chi connectivity index (χ0v) is 14.1. The first-order valence-corrected chi connectivity index (χ1v) is 8.22. The van der Waals surface area contributed by atoms with E-state index in [1.165, 1.54) is 18.2 Å². The number of aromatic nitrogens is 1. The summed E-state index contributed by atoms with van der Waals surface area (Å²) in [6, 6.07) is 9.37. The van der Waals surface area contributed by atoms with Crippen molar-refractivity contribution in [2.75, 3.05) is 6.61 Å². The Kier molecular flexibility index (Phi) is 6.82. The molecule has 0 unspecified atom stereocenters. The minimum Gasteiger partial charge on any atom is -0.395 e. The van der Waals surface area contributed by atoms with Gasteiger partial charge in [0, 0.05) is 18.3 Å². The zero-order valence-electron chi connectivity index (χ0n) is 14.1. The fourth-order valence-corrected chi connectivity index (χ4v) is 2.46. The van der Waals surface area contributed by atoms with Crippen molar-refractivity contribution in [3.05, 3.63) is 65.0 Å². The van der Waals surface area contributed by atoms with Gasteiger partial charge < -0.3 is 10.4 Å². The topological polar surface area (TPSA) is 45.1 Å². The van der Waals surface area contributed by atoms with Crippen molar-refractivity contribution in [1.29, 1.82) is 0 Å². The van der Waals surface area contributed by atoms with Crippen LogP contribution in [0.15, 0.2) is 36.4 Å². The average molecular weight is 334 g/mol. The summed E-state index contributed by atoms with van der Waals surface area (Å²) in [6.45, 7) is 4.27. The van der Waals surface area contributed by atoms with Gasteiger partial charge in [-0.2, -0.15) is 0 Å². The second-order valence-electron chi connectivity index (χ2n) is 6.27. The van der Waals surface area contributed by atoms with Gasteiger partial charge in [-0.3, -0.25) is 4.98 Å². The fraction of sp³-hybridized carbons (Fsp3) is 0.421. The van der Waals surface area contributed by atoms with Gasteiger partial charge in [0.15, 0.2) is 0 Å². The quantitative estimate of drug-likeness (QED) is 0.779. The predicted molar refractivity (Wildman–Crippen MR) is 90.6 cm³/mol. The largest absolute Gasteiger partial charge is 0.395 e. The molecule has 1 heterocycles. The van der Waals surface area contributed by atoms with E-state index in [2.05, 4.69) is 10.3 Å². The van der Waals surface area contributed by atoms with Crippen molar-refractivity contribution in [1.82, 2.24) is 10.3 Å². The number of nitrogens with one attached hydrogen (secondary N) is 1. The number of aliphatic hydroxyl groups is 1. The lowest BCUT2D eigenvalue weighted by atomic mass is 10.1. The number of hydrogen-bond acceptors (Lipinski definition) is 3. The highest BCUT2D eigenvalue weighted by atomic mass is 19.1. The monoisotopic (exact) mass is 334 g/mol. The Morgan fingerprint density at radius 2 is 1.75 bits per heavy atom. The first kappa shape index (κ1) is 18.5. The van der Waals surface area contributed by atoms with Crippen LogP contribution in [0.1, 0.15) is 30.8 Å². The van der Waals surface area contributed by atoms with Crippen molar-refractivity contribution in [3.8, 4) is 0 Å². The number of aliphatic hydroxyl groups excluding tert-OH is 1. The number of rotatable bonds is 8. The Labute approximate surface area is 141 Å². The molecular formula is C19H24F2N2O. The summed E-state index contributed by atoms with van der Waals surface area (Å²) in [5.74, 6) is -0.358. The molecule has 0 bridgehead atoms. The lowest BCUT2D eigenvalue weighted by molar-refractivity contribution is 0.209. The summed E-state index contributed by atoms with van der Waals surface area (Å²) < 4.78 is 26.8.